The number of benzene rings is 1. The SMILES string of the molecule is CCC(C)(CNCCOC)Cc1cc(F)ccc1Cl. The van der Waals surface area contributed by atoms with Gasteiger partial charge in [-0.3, -0.25) is 0 Å². The van der Waals surface area contributed by atoms with Gasteiger partial charge in [0.15, 0.2) is 0 Å². The molecular formula is C15H23ClFNO. The van der Waals surface area contributed by atoms with E-state index in [0.717, 1.165) is 31.5 Å². The van der Waals surface area contributed by atoms with Gasteiger partial charge in [0.2, 0.25) is 0 Å². The van der Waals surface area contributed by atoms with E-state index >= 15 is 0 Å². The smallest absolute Gasteiger partial charge is 0.123 e. The molecule has 0 saturated carbocycles. The molecule has 0 aliphatic carbocycles. The van der Waals surface area contributed by atoms with Crippen LogP contribution in [0.4, 0.5) is 4.39 Å². The Morgan fingerprint density at radius 3 is 2.79 bits per heavy atom. The lowest BCUT2D eigenvalue weighted by Gasteiger charge is -2.29. The fourth-order valence-electron chi connectivity index (χ4n) is 2.02. The lowest BCUT2D eigenvalue weighted by Crippen LogP contribution is -2.35. The summed E-state index contributed by atoms with van der Waals surface area (Å²) in [7, 11) is 1.69. The Hall–Kier alpha value is -0.640. The average Bonchev–Trinajstić information content (AvgIpc) is 2.39. The van der Waals surface area contributed by atoms with E-state index in [0.29, 0.717) is 11.6 Å². The molecule has 0 spiro atoms. The summed E-state index contributed by atoms with van der Waals surface area (Å²) in [6.45, 7) is 6.71. The molecule has 0 aromatic heterocycles. The van der Waals surface area contributed by atoms with Crippen molar-refractivity contribution in [2.24, 2.45) is 5.41 Å². The highest BCUT2D eigenvalue weighted by Gasteiger charge is 2.23. The molecule has 0 amide bonds. The number of hydrogen-bond donors (Lipinski definition) is 1. The molecule has 0 heterocycles. The minimum atomic E-state index is -0.231. The van der Waals surface area contributed by atoms with Gasteiger partial charge in [0, 0.05) is 25.2 Å². The van der Waals surface area contributed by atoms with Gasteiger partial charge < -0.3 is 10.1 Å². The number of rotatable bonds is 8. The van der Waals surface area contributed by atoms with Crippen molar-refractivity contribution in [3.63, 3.8) is 0 Å². The molecule has 1 aromatic rings. The fraction of sp³-hybridized carbons (Fsp3) is 0.600. The molecule has 1 unspecified atom stereocenters. The van der Waals surface area contributed by atoms with Crippen molar-refractivity contribution in [1.29, 1.82) is 0 Å². The third kappa shape index (κ3) is 5.47. The van der Waals surface area contributed by atoms with Crippen LogP contribution in [0.15, 0.2) is 18.2 Å². The molecule has 108 valence electrons. The van der Waals surface area contributed by atoms with E-state index < -0.39 is 0 Å². The predicted octanol–water partition coefficient (Wildman–Crippen LogP) is 3.67. The molecule has 0 aliphatic heterocycles. The first-order chi connectivity index (χ1) is 9.00. The van der Waals surface area contributed by atoms with Gasteiger partial charge in [0.25, 0.3) is 0 Å². The van der Waals surface area contributed by atoms with Gasteiger partial charge in [-0.05, 0) is 42.0 Å². The lowest BCUT2D eigenvalue weighted by atomic mass is 9.81. The Bertz CT molecular complexity index is 400. The molecule has 0 bridgehead atoms. The molecule has 19 heavy (non-hydrogen) atoms. The number of methoxy groups -OCH3 is 1. The molecule has 1 atom stereocenters. The first-order valence-corrected chi connectivity index (χ1v) is 7.02. The average molecular weight is 288 g/mol. The summed E-state index contributed by atoms with van der Waals surface area (Å²) in [5.41, 5.74) is 0.935. The van der Waals surface area contributed by atoms with Crippen LogP contribution in [0.1, 0.15) is 25.8 Å². The van der Waals surface area contributed by atoms with Crippen LogP contribution in [0, 0.1) is 11.2 Å². The monoisotopic (exact) mass is 287 g/mol. The quantitative estimate of drug-likeness (QED) is 0.737. The molecule has 0 saturated heterocycles. The Balaban J connectivity index is 2.66. The molecule has 4 heteroatoms. The zero-order valence-electron chi connectivity index (χ0n) is 11.9. The van der Waals surface area contributed by atoms with Crippen LogP contribution in [0.2, 0.25) is 5.02 Å². The standard InChI is InChI=1S/C15H23ClFNO/c1-4-15(2,11-18-7-8-19-3)10-12-9-13(17)5-6-14(12)16/h5-6,9,18H,4,7-8,10-11H2,1-3H3. The summed E-state index contributed by atoms with van der Waals surface area (Å²) in [6.07, 6.45) is 1.76. The molecule has 1 N–H and O–H groups in total. The van der Waals surface area contributed by atoms with Gasteiger partial charge in [0.1, 0.15) is 5.82 Å². The van der Waals surface area contributed by atoms with Crippen molar-refractivity contribution in [2.75, 3.05) is 26.8 Å². The minimum Gasteiger partial charge on any atom is -0.383 e. The Kier molecular flexibility index (Phi) is 6.76. The second-order valence-corrected chi connectivity index (χ2v) is 5.65. The second-order valence-electron chi connectivity index (χ2n) is 5.25. The predicted molar refractivity (Wildman–Crippen MR) is 78.3 cm³/mol. The van der Waals surface area contributed by atoms with Gasteiger partial charge in [-0.2, -0.15) is 0 Å². The van der Waals surface area contributed by atoms with Crippen LogP contribution in [0.5, 0.6) is 0 Å². The summed E-state index contributed by atoms with van der Waals surface area (Å²) in [6, 6.07) is 4.55. The van der Waals surface area contributed by atoms with Crippen molar-refractivity contribution < 1.29 is 9.13 Å². The van der Waals surface area contributed by atoms with E-state index in [1.165, 1.54) is 12.1 Å². The van der Waals surface area contributed by atoms with Crippen molar-refractivity contribution >= 4 is 11.6 Å². The van der Waals surface area contributed by atoms with Crippen molar-refractivity contribution in [2.45, 2.75) is 26.7 Å². The second kappa shape index (κ2) is 7.83. The highest BCUT2D eigenvalue weighted by atomic mass is 35.5. The van der Waals surface area contributed by atoms with Crippen molar-refractivity contribution in [3.05, 3.63) is 34.6 Å². The maximum atomic E-state index is 13.3. The van der Waals surface area contributed by atoms with Gasteiger partial charge in [0.05, 0.1) is 6.61 Å². The normalized spacial score (nSPS) is 14.4. The largest absolute Gasteiger partial charge is 0.383 e. The molecule has 0 fully saturated rings. The fourth-order valence-corrected chi connectivity index (χ4v) is 2.20. The summed E-state index contributed by atoms with van der Waals surface area (Å²) in [4.78, 5) is 0. The third-order valence-corrected chi connectivity index (χ3v) is 3.88. The van der Waals surface area contributed by atoms with E-state index in [1.54, 1.807) is 13.2 Å². The number of halogens is 2. The highest BCUT2D eigenvalue weighted by Crippen LogP contribution is 2.29. The minimum absolute atomic E-state index is 0.0607. The van der Waals surface area contributed by atoms with Crippen LogP contribution in [0.3, 0.4) is 0 Å². The third-order valence-electron chi connectivity index (χ3n) is 3.51. The van der Waals surface area contributed by atoms with E-state index in [1.807, 2.05) is 0 Å². The number of hydrogen-bond acceptors (Lipinski definition) is 2. The van der Waals surface area contributed by atoms with Gasteiger partial charge in [-0.25, -0.2) is 4.39 Å². The van der Waals surface area contributed by atoms with Gasteiger partial charge in [-0.15, -0.1) is 0 Å². The van der Waals surface area contributed by atoms with Crippen molar-refractivity contribution in [3.8, 4) is 0 Å². The zero-order chi connectivity index (χ0) is 14.3. The molecule has 2 nitrogen and oxygen atoms in total. The topological polar surface area (TPSA) is 21.3 Å². The molecule has 1 rings (SSSR count). The van der Waals surface area contributed by atoms with Crippen LogP contribution in [0.25, 0.3) is 0 Å². The van der Waals surface area contributed by atoms with E-state index in [4.69, 9.17) is 16.3 Å². The zero-order valence-corrected chi connectivity index (χ0v) is 12.7. The van der Waals surface area contributed by atoms with Crippen LogP contribution < -0.4 is 5.32 Å². The summed E-state index contributed by atoms with van der Waals surface area (Å²) in [5.74, 6) is -0.231. The Morgan fingerprint density at radius 2 is 2.16 bits per heavy atom. The summed E-state index contributed by atoms with van der Waals surface area (Å²) in [5, 5.41) is 4.01. The lowest BCUT2D eigenvalue weighted by molar-refractivity contribution is 0.191. The van der Waals surface area contributed by atoms with Gasteiger partial charge >= 0.3 is 0 Å². The van der Waals surface area contributed by atoms with Crippen LogP contribution in [-0.2, 0) is 11.2 Å². The first kappa shape index (κ1) is 16.4. The maximum Gasteiger partial charge on any atom is 0.123 e. The van der Waals surface area contributed by atoms with Crippen LogP contribution >= 0.6 is 11.6 Å². The maximum absolute atomic E-state index is 13.3. The molecule has 0 radical (unpaired) electrons. The number of ether oxygens (including phenoxy) is 1. The Morgan fingerprint density at radius 1 is 1.42 bits per heavy atom. The van der Waals surface area contributed by atoms with E-state index in [2.05, 4.69) is 19.2 Å². The van der Waals surface area contributed by atoms with E-state index in [9.17, 15) is 4.39 Å². The highest BCUT2D eigenvalue weighted by molar-refractivity contribution is 6.31. The Labute approximate surface area is 120 Å². The van der Waals surface area contributed by atoms with E-state index in [-0.39, 0.29) is 11.2 Å². The van der Waals surface area contributed by atoms with Crippen LogP contribution in [-0.4, -0.2) is 26.8 Å². The summed E-state index contributed by atoms with van der Waals surface area (Å²) >= 11 is 6.14. The summed E-state index contributed by atoms with van der Waals surface area (Å²) < 4.78 is 18.3. The van der Waals surface area contributed by atoms with Crippen molar-refractivity contribution in [1.82, 2.24) is 5.32 Å². The first-order valence-electron chi connectivity index (χ1n) is 6.64. The molecular weight excluding hydrogens is 265 g/mol. The molecule has 1 aromatic carbocycles. The van der Waals surface area contributed by atoms with Gasteiger partial charge in [-0.1, -0.05) is 25.4 Å². The number of nitrogens with one attached hydrogen (secondary N) is 1. The molecule has 0 aliphatic rings.